The first-order valence-corrected chi connectivity index (χ1v) is 5.01. The van der Waals surface area contributed by atoms with Gasteiger partial charge in [0.25, 0.3) is 5.91 Å². The molecule has 88 valence electrons. The van der Waals surface area contributed by atoms with E-state index in [0.29, 0.717) is 11.8 Å². The highest BCUT2D eigenvalue weighted by molar-refractivity contribution is 5.91. The van der Waals surface area contributed by atoms with Crippen molar-refractivity contribution in [3.05, 3.63) is 35.6 Å². The molecule has 0 aliphatic rings. The summed E-state index contributed by atoms with van der Waals surface area (Å²) >= 11 is 0. The Morgan fingerprint density at radius 2 is 2.12 bits per heavy atom. The molecule has 1 amide bonds. The lowest BCUT2D eigenvalue weighted by Gasteiger charge is -2.01. The zero-order valence-electron chi connectivity index (χ0n) is 9.47. The number of nitrogens with one attached hydrogen (secondary N) is 1. The Kier molecular flexibility index (Phi) is 3.08. The van der Waals surface area contributed by atoms with Crippen LogP contribution in [0.15, 0.2) is 16.8 Å². The Labute approximate surface area is 97.3 Å². The fourth-order valence-corrected chi connectivity index (χ4v) is 1.17. The largest absolute Gasteiger partial charge is 0.424 e. The third kappa shape index (κ3) is 2.83. The summed E-state index contributed by atoms with van der Waals surface area (Å²) in [6.07, 6.45) is 2.95. The third-order valence-corrected chi connectivity index (χ3v) is 1.98. The van der Waals surface area contributed by atoms with Gasteiger partial charge in [0, 0.05) is 13.1 Å². The molecule has 0 radical (unpaired) electrons. The van der Waals surface area contributed by atoms with Crippen LogP contribution < -0.4 is 5.32 Å². The molecule has 7 heteroatoms. The molecule has 0 bridgehead atoms. The predicted octanol–water partition coefficient (Wildman–Crippen LogP) is 0.406. The number of aromatic nitrogens is 4. The van der Waals surface area contributed by atoms with Gasteiger partial charge in [0.05, 0.1) is 18.4 Å². The molecular formula is C10H11N5O2. The lowest BCUT2D eigenvalue weighted by molar-refractivity contribution is 0.0941. The number of carbonyl (C=O) groups excluding carboxylic acids is 1. The first-order valence-electron chi connectivity index (χ1n) is 5.01. The van der Waals surface area contributed by atoms with Crippen molar-refractivity contribution in [2.45, 2.75) is 20.4 Å². The average molecular weight is 233 g/mol. The van der Waals surface area contributed by atoms with Gasteiger partial charge in [0.2, 0.25) is 11.8 Å². The van der Waals surface area contributed by atoms with E-state index < -0.39 is 0 Å². The van der Waals surface area contributed by atoms with Gasteiger partial charge in [0.1, 0.15) is 5.69 Å². The van der Waals surface area contributed by atoms with Crippen LogP contribution >= 0.6 is 0 Å². The second-order valence-corrected chi connectivity index (χ2v) is 3.44. The van der Waals surface area contributed by atoms with E-state index in [0.717, 1.165) is 5.69 Å². The maximum absolute atomic E-state index is 11.6. The molecule has 0 spiro atoms. The van der Waals surface area contributed by atoms with E-state index in [1.165, 1.54) is 12.4 Å². The molecule has 17 heavy (non-hydrogen) atoms. The van der Waals surface area contributed by atoms with Gasteiger partial charge in [-0.05, 0) is 6.92 Å². The number of carbonyl (C=O) groups is 1. The van der Waals surface area contributed by atoms with Crippen molar-refractivity contribution in [2.24, 2.45) is 0 Å². The van der Waals surface area contributed by atoms with Crippen molar-refractivity contribution < 1.29 is 9.21 Å². The molecule has 0 fully saturated rings. The van der Waals surface area contributed by atoms with Crippen LogP contribution in [0, 0.1) is 13.8 Å². The number of amides is 1. The Hall–Kier alpha value is -2.31. The van der Waals surface area contributed by atoms with Gasteiger partial charge < -0.3 is 9.73 Å². The van der Waals surface area contributed by atoms with E-state index in [1.807, 2.05) is 0 Å². The smallest absolute Gasteiger partial charge is 0.271 e. The van der Waals surface area contributed by atoms with Crippen LogP contribution in [-0.4, -0.2) is 26.1 Å². The Morgan fingerprint density at radius 3 is 2.71 bits per heavy atom. The van der Waals surface area contributed by atoms with Crippen LogP contribution in [0.4, 0.5) is 0 Å². The summed E-state index contributed by atoms with van der Waals surface area (Å²) in [5.41, 5.74) is 1.01. The predicted molar refractivity (Wildman–Crippen MR) is 57.0 cm³/mol. The second kappa shape index (κ2) is 4.69. The van der Waals surface area contributed by atoms with Crippen LogP contribution in [0.3, 0.4) is 0 Å². The molecule has 0 aromatic carbocycles. The SMILES string of the molecule is Cc1cnc(C(=O)NCc2nnc(C)o2)cn1. The van der Waals surface area contributed by atoms with E-state index >= 15 is 0 Å². The molecule has 0 aliphatic heterocycles. The number of hydrogen-bond acceptors (Lipinski definition) is 6. The first-order chi connectivity index (χ1) is 8.15. The molecule has 7 nitrogen and oxygen atoms in total. The Morgan fingerprint density at radius 1 is 1.29 bits per heavy atom. The van der Waals surface area contributed by atoms with Crippen LogP contribution in [0.5, 0.6) is 0 Å². The zero-order valence-corrected chi connectivity index (χ0v) is 9.47. The fourth-order valence-electron chi connectivity index (χ4n) is 1.17. The molecule has 0 unspecified atom stereocenters. The molecular weight excluding hydrogens is 222 g/mol. The highest BCUT2D eigenvalue weighted by Crippen LogP contribution is 1.98. The molecule has 2 aromatic rings. The van der Waals surface area contributed by atoms with E-state index in [9.17, 15) is 4.79 Å². The van der Waals surface area contributed by atoms with Crippen LogP contribution in [0.25, 0.3) is 0 Å². The van der Waals surface area contributed by atoms with Gasteiger partial charge >= 0.3 is 0 Å². The van der Waals surface area contributed by atoms with Crippen LogP contribution in [0.1, 0.15) is 28.0 Å². The minimum Gasteiger partial charge on any atom is -0.424 e. The third-order valence-electron chi connectivity index (χ3n) is 1.98. The maximum Gasteiger partial charge on any atom is 0.271 e. The van der Waals surface area contributed by atoms with Crippen LogP contribution in [-0.2, 0) is 6.54 Å². The molecule has 2 rings (SSSR count). The van der Waals surface area contributed by atoms with Crippen molar-refractivity contribution in [2.75, 3.05) is 0 Å². The van der Waals surface area contributed by atoms with Crippen LogP contribution in [0.2, 0.25) is 0 Å². The summed E-state index contributed by atoms with van der Waals surface area (Å²) in [5.74, 6) is 0.494. The lowest BCUT2D eigenvalue weighted by atomic mass is 10.4. The summed E-state index contributed by atoms with van der Waals surface area (Å²) < 4.78 is 5.12. The summed E-state index contributed by atoms with van der Waals surface area (Å²) in [4.78, 5) is 19.6. The van der Waals surface area contributed by atoms with Gasteiger partial charge in [-0.15, -0.1) is 10.2 Å². The molecule has 0 atom stereocenters. The quantitative estimate of drug-likeness (QED) is 0.825. The van der Waals surface area contributed by atoms with Gasteiger partial charge in [-0.25, -0.2) is 4.98 Å². The molecule has 0 saturated carbocycles. The summed E-state index contributed by atoms with van der Waals surface area (Å²) in [6.45, 7) is 3.66. The van der Waals surface area contributed by atoms with E-state index in [-0.39, 0.29) is 18.1 Å². The summed E-state index contributed by atoms with van der Waals surface area (Å²) in [6, 6.07) is 0. The zero-order chi connectivity index (χ0) is 12.3. The summed E-state index contributed by atoms with van der Waals surface area (Å²) in [5, 5.41) is 10.0. The Bertz CT molecular complexity index is 520. The molecule has 2 heterocycles. The molecule has 0 aliphatic carbocycles. The van der Waals surface area contributed by atoms with E-state index in [1.54, 1.807) is 13.8 Å². The van der Waals surface area contributed by atoms with Crippen molar-refractivity contribution in [1.29, 1.82) is 0 Å². The maximum atomic E-state index is 11.6. The number of rotatable bonds is 3. The highest BCUT2D eigenvalue weighted by atomic mass is 16.4. The van der Waals surface area contributed by atoms with Crippen molar-refractivity contribution in [3.8, 4) is 0 Å². The Balaban J connectivity index is 1.95. The second-order valence-electron chi connectivity index (χ2n) is 3.44. The van der Waals surface area contributed by atoms with Gasteiger partial charge in [-0.3, -0.25) is 9.78 Å². The summed E-state index contributed by atoms with van der Waals surface area (Å²) in [7, 11) is 0. The highest BCUT2D eigenvalue weighted by Gasteiger charge is 2.09. The standard InChI is InChI=1S/C10H11N5O2/c1-6-3-12-8(4-11-6)10(16)13-5-9-15-14-7(2)17-9/h3-4H,5H2,1-2H3,(H,13,16). The van der Waals surface area contributed by atoms with Crippen molar-refractivity contribution in [3.63, 3.8) is 0 Å². The van der Waals surface area contributed by atoms with Gasteiger partial charge in [0.15, 0.2) is 0 Å². The number of hydrogen-bond donors (Lipinski definition) is 1. The number of nitrogens with zero attached hydrogens (tertiary/aromatic N) is 4. The number of aryl methyl sites for hydroxylation is 2. The van der Waals surface area contributed by atoms with Crippen molar-refractivity contribution >= 4 is 5.91 Å². The normalized spacial score (nSPS) is 10.2. The molecule has 1 N–H and O–H groups in total. The molecule has 2 aromatic heterocycles. The topological polar surface area (TPSA) is 93.8 Å². The molecule has 0 saturated heterocycles. The average Bonchev–Trinajstić information content (AvgIpc) is 2.73. The minimum atomic E-state index is -0.326. The lowest BCUT2D eigenvalue weighted by Crippen LogP contribution is -2.24. The van der Waals surface area contributed by atoms with E-state index in [2.05, 4.69) is 25.5 Å². The van der Waals surface area contributed by atoms with Gasteiger partial charge in [-0.1, -0.05) is 0 Å². The van der Waals surface area contributed by atoms with Gasteiger partial charge in [-0.2, -0.15) is 0 Å². The monoisotopic (exact) mass is 233 g/mol. The first kappa shape index (κ1) is 11.2. The van der Waals surface area contributed by atoms with Crippen molar-refractivity contribution in [1.82, 2.24) is 25.5 Å². The minimum absolute atomic E-state index is 0.176. The van der Waals surface area contributed by atoms with E-state index in [4.69, 9.17) is 4.42 Å². The fraction of sp³-hybridized carbons (Fsp3) is 0.300.